The van der Waals surface area contributed by atoms with E-state index in [-0.39, 0.29) is 11.8 Å². The third-order valence-corrected chi connectivity index (χ3v) is 3.69. The number of hydrogen-bond donors (Lipinski definition) is 3. The quantitative estimate of drug-likeness (QED) is 0.628. The van der Waals surface area contributed by atoms with Crippen LogP contribution in [0.25, 0.3) is 11.0 Å². The Kier molecular flexibility index (Phi) is 4.56. The maximum absolute atomic E-state index is 12.1. The first-order valence-electron chi connectivity index (χ1n) is 7.70. The summed E-state index contributed by atoms with van der Waals surface area (Å²) < 4.78 is 0. The van der Waals surface area contributed by atoms with Gasteiger partial charge in [-0.15, -0.1) is 0 Å². The highest BCUT2D eigenvalue weighted by molar-refractivity contribution is 5.97. The standard InChI is InChI=1S/C18H18N4O2/c1-12-2-4-13(5-3-12)17(23)19-8-9-20-18(24)14-6-7-15-16(10-14)22-11-21-15/h2-7,10-11H,8-9H2,1H3,(H,19,23)(H,20,24)(H,21,22). The smallest absolute Gasteiger partial charge is 0.251 e. The van der Waals surface area contributed by atoms with Gasteiger partial charge in [-0.25, -0.2) is 4.98 Å². The largest absolute Gasteiger partial charge is 0.350 e. The van der Waals surface area contributed by atoms with E-state index in [0.29, 0.717) is 24.2 Å². The third kappa shape index (κ3) is 3.60. The first-order valence-corrected chi connectivity index (χ1v) is 7.70. The van der Waals surface area contributed by atoms with Crippen LogP contribution >= 0.6 is 0 Å². The summed E-state index contributed by atoms with van der Waals surface area (Å²) in [4.78, 5) is 31.1. The Morgan fingerprint density at radius 1 is 0.958 bits per heavy atom. The van der Waals surface area contributed by atoms with Crippen LogP contribution in [0.2, 0.25) is 0 Å². The van der Waals surface area contributed by atoms with Gasteiger partial charge in [-0.05, 0) is 37.3 Å². The van der Waals surface area contributed by atoms with E-state index in [1.807, 2.05) is 19.1 Å². The second kappa shape index (κ2) is 6.95. The zero-order valence-corrected chi connectivity index (χ0v) is 13.3. The lowest BCUT2D eigenvalue weighted by Crippen LogP contribution is -2.34. The van der Waals surface area contributed by atoms with E-state index in [0.717, 1.165) is 16.6 Å². The van der Waals surface area contributed by atoms with Crippen molar-refractivity contribution >= 4 is 22.8 Å². The molecule has 3 rings (SSSR count). The molecule has 3 N–H and O–H groups in total. The average Bonchev–Trinajstić information content (AvgIpc) is 3.06. The molecule has 2 amide bonds. The van der Waals surface area contributed by atoms with Gasteiger partial charge in [0, 0.05) is 24.2 Å². The minimum Gasteiger partial charge on any atom is -0.350 e. The highest BCUT2D eigenvalue weighted by Gasteiger charge is 2.08. The molecule has 0 radical (unpaired) electrons. The molecular formula is C18H18N4O2. The van der Waals surface area contributed by atoms with Crippen LogP contribution in [0.3, 0.4) is 0 Å². The van der Waals surface area contributed by atoms with Crippen LogP contribution in [0.4, 0.5) is 0 Å². The first kappa shape index (κ1) is 15.7. The number of H-pyrrole nitrogens is 1. The van der Waals surface area contributed by atoms with Gasteiger partial charge in [-0.1, -0.05) is 17.7 Å². The van der Waals surface area contributed by atoms with E-state index in [9.17, 15) is 9.59 Å². The molecule has 0 bridgehead atoms. The Morgan fingerprint density at radius 3 is 2.29 bits per heavy atom. The van der Waals surface area contributed by atoms with E-state index in [1.165, 1.54) is 0 Å². The molecule has 0 spiro atoms. The van der Waals surface area contributed by atoms with Gasteiger partial charge in [-0.2, -0.15) is 0 Å². The number of carbonyl (C=O) groups is 2. The number of fused-ring (bicyclic) bond motifs is 1. The van der Waals surface area contributed by atoms with Crippen molar-refractivity contribution in [3.63, 3.8) is 0 Å². The van der Waals surface area contributed by atoms with E-state index < -0.39 is 0 Å². The van der Waals surface area contributed by atoms with Crippen LogP contribution in [0.5, 0.6) is 0 Å². The molecule has 0 aliphatic rings. The molecule has 3 aromatic rings. The maximum Gasteiger partial charge on any atom is 0.251 e. The predicted molar refractivity (Wildman–Crippen MR) is 91.9 cm³/mol. The topological polar surface area (TPSA) is 86.9 Å². The molecule has 0 unspecified atom stereocenters. The maximum atomic E-state index is 12.1. The molecule has 1 heterocycles. The number of aromatic nitrogens is 2. The second-order valence-electron chi connectivity index (χ2n) is 5.51. The van der Waals surface area contributed by atoms with Crippen LogP contribution in [-0.2, 0) is 0 Å². The number of aromatic amines is 1. The van der Waals surface area contributed by atoms with Gasteiger partial charge < -0.3 is 15.6 Å². The molecule has 0 aliphatic heterocycles. The normalized spacial score (nSPS) is 10.5. The fourth-order valence-corrected chi connectivity index (χ4v) is 2.34. The third-order valence-electron chi connectivity index (χ3n) is 3.69. The predicted octanol–water partition coefficient (Wildman–Crippen LogP) is 2.03. The van der Waals surface area contributed by atoms with Crippen molar-refractivity contribution in [2.75, 3.05) is 13.1 Å². The number of rotatable bonds is 5. The zero-order chi connectivity index (χ0) is 16.9. The number of hydrogen-bond acceptors (Lipinski definition) is 3. The van der Waals surface area contributed by atoms with Gasteiger partial charge >= 0.3 is 0 Å². The molecule has 0 atom stereocenters. The van der Waals surface area contributed by atoms with Crippen molar-refractivity contribution in [3.8, 4) is 0 Å². The molecular weight excluding hydrogens is 304 g/mol. The van der Waals surface area contributed by atoms with Gasteiger partial charge in [0.25, 0.3) is 11.8 Å². The number of nitrogens with one attached hydrogen (secondary N) is 3. The Hall–Kier alpha value is -3.15. The Morgan fingerprint density at radius 2 is 1.58 bits per heavy atom. The number of benzene rings is 2. The SMILES string of the molecule is Cc1ccc(C(=O)NCCNC(=O)c2ccc3nc[nH]c3c2)cc1. The minimum atomic E-state index is -0.184. The summed E-state index contributed by atoms with van der Waals surface area (Å²) in [5.74, 6) is -0.334. The van der Waals surface area contributed by atoms with Gasteiger partial charge in [-0.3, -0.25) is 9.59 Å². The summed E-state index contributed by atoms with van der Waals surface area (Å²) in [5.41, 5.74) is 3.90. The van der Waals surface area contributed by atoms with Crippen molar-refractivity contribution in [2.45, 2.75) is 6.92 Å². The summed E-state index contributed by atoms with van der Waals surface area (Å²) in [6.45, 7) is 2.69. The number of aryl methyl sites for hydroxylation is 1. The van der Waals surface area contributed by atoms with Crippen molar-refractivity contribution < 1.29 is 9.59 Å². The number of amides is 2. The highest BCUT2D eigenvalue weighted by atomic mass is 16.2. The Labute approximate surface area is 139 Å². The fraction of sp³-hybridized carbons (Fsp3) is 0.167. The molecule has 6 heteroatoms. The molecule has 2 aromatic carbocycles. The molecule has 6 nitrogen and oxygen atoms in total. The number of carbonyl (C=O) groups excluding carboxylic acids is 2. The zero-order valence-electron chi connectivity index (χ0n) is 13.3. The van der Waals surface area contributed by atoms with Crippen molar-refractivity contribution in [3.05, 3.63) is 65.5 Å². The lowest BCUT2D eigenvalue weighted by atomic mass is 10.1. The molecule has 122 valence electrons. The monoisotopic (exact) mass is 322 g/mol. The van der Waals surface area contributed by atoms with Crippen LogP contribution in [-0.4, -0.2) is 34.9 Å². The van der Waals surface area contributed by atoms with Gasteiger partial charge in [0.05, 0.1) is 17.4 Å². The number of imidazole rings is 1. The lowest BCUT2D eigenvalue weighted by Gasteiger charge is -2.07. The van der Waals surface area contributed by atoms with E-state index in [1.54, 1.807) is 36.7 Å². The summed E-state index contributed by atoms with van der Waals surface area (Å²) in [7, 11) is 0. The van der Waals surface area contributed by atoms with Gasteiger partial charge in [0.15, 0.2) is 0 Å². The first-order chi connectivity index (χ1) is 11.6. The average molecular weight is 322 g/mol. The van der Waals surface area contributed by atoms with Crippen LogP contribution < -0.4 is 10.6 Å². The second-order valence-corrected chi connectivity index (χ2v) is 5.51. The van der Waals surface area contributed by atoms with Gasteiger partial charge in [0.1, 0.15) is 0 Å². The number of nitrogens with zero attached hydrogens (tertiary/aromatic N) is 1. The van der Waals surface area contributed by atoms with Crippen molar-refractivity contribution in [1.29, 1.82) is 0 Å². The Bertz CT molecular complexity index is 868. The van der Waals surface area contributed by atoms with Crippen molar-refractivity contribution in [1.82, 2.24) is 20.6 Å². The Balaban J connectivity index is 1.48. The van der Waals surface area contributed by atoms with Crippen LogP contribution in [0, 0.1) is 6.92 Å². The van der Waals surface area contributed by atoms with Crippen molar-refractivity contribution in [2.24, 2.45) is 0 Å². The van der Waals surface area contributed by atoms with E-state index >= 15 is 0 Å². The molecule has 0 aliphatic carbocycles. The summed E-state index contributed by atoms with van der Waals surface area (Å²) in [5, 5.41) is 5.56. The molecule has 0 saturated carbocycles. The van der Waals surface area contributed by atoms with E-state index in [4.69, 9.17) is 0 Å². The van der Waals surface area contributed by atoms with Crippen LogP contribution in [0.1, 0.15) is 26.3 Å². The molecule has 1 aromatic heterocycles. The molecule has 0 saturated heterocycles. The van der Waals surface area contributed by atoms with Gasteiger partial charge in [0.2, 0.25) is 0 Å². The summed E-state index contributed by atoms with van der Waals surface area (Å²) in [6, 6.07) is 12.6. The minimum absolute atomic E-state index is 0.150. The molecule has 24 heavy (non-hydrogen) atoms. The summed E-state index contributed by atoms with van der Waals surface area (Å²) >= 11 is 0. The van der Waals surface area contributed by atoms with Crippen LogP contribution in [0.15, 0.2) is 48.8 Å². The lowest BCUT2D eigenvalue weighted by molar-refractivity contribution is 0.0927. The van der Waals surface area contributed by atoms with E-state index in [2.05, 4.69) is 20.6 Å². The summed E-state index contributed by atoms with van der Waals surface area (Å²) in [6.07, 6.45) is 1.59. The molecule has 0 fully saturated rings. The highest BCUT2D eigenvalue weighted by Crippen LogP contribution is 2.11. The fourth-order valence-electron chi connectivity index (χ4n) is 2.34.